The molecule has 0 aliphatic heterocycles. The number of rotatable bonds is 10. The normalized spacial score (nSPS) is 10.4. The molecule has 0 fully saturated rings. The molecule has 2 aromatic carbocycles. The molecule has 2 aromatic rings. The molecule has 0 bridgehead atoms. The van der Waals surface area contributed by atoms with Gasteiger partial charge in [0, 0.05) is 12.1 Å². The maximum atomic E-state index is 9.33. The molecule has 4 heteroatoms. The quantitative estimate of drug-likeness (QED) is 0.633. The first kappa shape index (κ1) is 17.0. The summed E-state index contributed by atoms with van der Waals surface area (Å²) in [5.74, 6) is 1.89. The summed E-state index contributed by atoms with van der Waals surface area (Å²) in [5.41, 5.74) is 0. The van der Waals surface area contributed by atoms with Gasteiger partial charge < -0.3 is 19.7 Å². The van der Waals surface area contributed by atoms with Crippen LogP contribution in [-0.4, -0.2) is 23.4 Å². The largest absolute Gasteiger partial charge is 0.508 e. The molecule has 0 spiro atoms. The number of phenolic OH excluding ortho intramolecular Hbond substituents is 2. The smallest absolute Gasteiger partial charge is 0.122 e. The van der Waals surface area contributed by atoms with E-state index in [0.717, 1.165) is 32.1 Å². The van der Waals surface area contributed by atoms with Gasteiger partial charge in [0.1, 0.15) is 23.0 Å². The molecular formula is C19H24O4. The van der Waals surface area contributed by atoms with Crippen molar-refractivity contribution in [2.24, 2.45) is 0 Å². The molecule has 23 heavy (non-hydrogen) atoms. The monoisotopic (exact) mass is 316 g/mol. The predicted molar refractivity (Wildman–Crippen MR) is 90.3 cm³/mol. The fourth-order valence-corrected chi connectivity index (χ4v) is 2.26. The molecule has 0 amide bonds. The second-order valence-corrected chi connectivity index (χ2v) is 5.46. The van der Waals surface area contributed by atoms with E-state index in [-0.39, 0.29) is 11.5 Å². The maximum absolute atomic E-state index is 9.33. The van der Waals surface area contributed by atoms with Gasteiger partial charge in [0.05, 0.1) is 13.2 Å². The van der Waals surface area contributed by atoms with Gasteiger partial charge in [-0.3, -0.25) is 0 Å². The van der Waals surface area contributed by atoms with Crippen LogP contribution in [0.3, 0.4) is 0 Å². The fraction of sp³-hybridized carbons (Fsp3) is 0.368. The molecule has 4 nitrogen and oxygen atoms in total. The van der Waals surface area contributed by atoms with E-state index in [4.69, 9.17) is 9.47 Å². The molecule has 2 N–H and O–H groups in total. The lowest BCUT2D eigenvalue weighted by Gasteiger charge is -2.07. The lowest BCUT2D eigenvalue weighted by Crippen LogP contribution is -1.99. The lowest BCUT2D eigenvalue weighted by atomic mass is 10.1. The number of ether oxygens (including phenoxy) is 2. The van der Waals surface area contributed by atoms with Crippen molar-refractivity contribution in [3.8, 4) is 23.0 Å². The summed E-state index contributed by atoms with van der Waals surface area (Å²) in [7, 11) is 0. The van der Waals surface area contributed by atoms with Gasteiger partial charge in [0.25, 0.3) is 0 Å². The molecule has 0 aliphatic carbocycles. The molecule has 0 unspecified atom stereocenters. The molecule has 0 heterocycles. The minimum absolute atomic E-state index is 0.231. The van der Waals surface area contributed by atoms with Crippen LogP contribution in [0, 0.1) is 0 Å². The van der Waals surface area contributed by atoms with Crippen LogP contribution in [0.4, 0.5) is 0 Å². The molecule has 0 saturated carbocycles. The first-order valence-electron chi connectivity index (χ1n) is 8.08. The van der Waals surface area contributed by atoms with E-state index in [0.29, 0.717) is 24.7 Å². The second kappa shape index (κ2) is 9.62. The summed E-state index contributed by atoms with van der Waals surface area (Å²) < 4.78 is 11.2. The number of phenols is 2. The highest BCUT2D eigenvalue weighted by Gasteiger charge is 1.97. The number of aromatic hydroxyl groups is 2. The van der Waals surface area contributed by atoms with Crippen LogP contribution in [0.15, 0.2) is 48.5 Å². The summed E-state index contributed by atoms with van der Waals surface area (Å²) in [6.07, 6.45) is 5.38. The summed E-state index contributed by atoms with van der Waals surface area (Å²) in [4.78, 5) is 0. The fourth-order valence-electron chi connectivity index (χ4n) is 2.26. The zero-order valence-corrected chi connectivity index (χ0v) is 13.3. The topological polar surface area (TPSA) is 58.9 Å². The van der Waals surface area contributed by atoms with E-state index in [1.807, 2.05) is 12.1 Å². The van der Waals surface area contributed by atoms with E-state index >= 15 is 0 Å². The summed E-state index contributed by atoms with van der Waals surface area (Å²) in [5, 5.41) is 18.7. The van der Waals surface area contributed by atoms with Gasteiger partial charge in [-0.2, -0.15) is 0 Å². The van der Waals surface area contributed by atoms with Crippen molar-refractivity contribution >= 4 is 0 Å². The Bertz CT molecular complexity index is 532. The molecule has 0 radical (unpaired) electrons. The lowest BCUT2D eigenvalue weighted by molar-refractivity contribution is 0.292. The first-order chi connectivity index (χ1) is 11.2. The summed E-state index contributed by atoms with van der Waals surface area (Å²) >= 11 is 0. The van der Waals surface area contributed by atoms with Crippen LogP contribution in [-0.2, 0) is 0 Å². The van der Waals surface area contributed by atoms with E-state index in [1.165, 1.54) is 0 Å². The number of unbranched alkanes of at least 4 members (excludes halogenated alkanes) is 4. The Morgan fingerprint density at radius 1 is 0.609 bits per heavy atom. The van der Waals surface area contributed by atoms with Gasteiger partial charge in [-0.05, 0) is 37.1 Å². The zero-order chi connectivity index (χ0) is 16.3. The highest BCUT2D eigenvalue weighted by atomic mass is 16.5. The van der Waals surface area contributed by atoms with Crippen LogP contribution in [0.1, 0.15) is 32.1 Å². The van der Waals surface area contributed by atoms with Gasteiger partial charge in [0.2, 0.25) is 0 Å². The van der Waals surface area contributed by atoms with Gasteiger partial charge in [0.15, 0.2) is 0 Å². The summed E-state index contributed by atoms with van der Waals surface area (Å²) in [6, 6.07) is 13.8. The van der Waals surface area contributed by atoms with Crippen molar-refractivity contribution in [1.82, 2.24) is 0 Å². The van der Waals surface area contributed by atoms with Crippen LogP contribution >= 0.6 is 0 Å². The van der Waals surface area contributed by atoms with Crippen LogP contribution in [0.2, 0.25) is 0 Å². The van der Waals surface area contributed by atoms with Gasteiger partial charge in [-0.25, -0.2) is 0 Å². The average Bonchev–Trinajstić information content (AvgIpc) is 2.53. The average molecular weight is 316 g/mol. The highest BCUT2D eigenvalue weighted by molar-refractivity contribution is 5.32. The van der Waals surface area contributed by atoms with Crippen LogP contribution in [0.25, 0.3) is 0 Å². The Morgan fingerprint density at radius 3 is 1.48 bits per heavy atom. The SMILES string of the molecule is Oc1cccc(OCCCCCCCOc2cccc(O)c2)c1. The second-order valence-electron chi connectivity index (χ2n) is 5.46. The molecule has 124 valence electrons. The van der Waals surface area contributed by atoms with Crippen molar-refractivity contribution in [2.75, 3.05) is 13.2 Å². The third-order valence-corrected chi connectivity index (χ3v) is 3.46. The first-order valence-corrected chi connectivity index (χ1v) is 8.08. The molecule has 0 aliphatic rings. The number of hydrogen-bond donors (Lipinski definition) is 2. The summed E-state index contributed by atoms with van der Waals surface area (Å²) in [6.45, 7) is 1.34. The zero-order valence-electron chi connectivity index (χ0n) is 13.3. The Kier molecular flexibility index (Phi) is 7.11. The van der Waals surface area contributed by atoms with Crippen LogP contribution in [0.5, 0.6) is 23.0 Å². The van der Waals surface area contributed by atoms with Crippen LogP contribution < -0.4 is 9.47 Å². The molecule has 0 saturated heterocycles. The van der Waals surface area contributed by atoms with Crippen molar-refractivity contribution in [1.29, 1.82) is 0 Å². The van der Waals surface area contributed by atoms with Gasteiger partial charge in [-0.15, -0.1) is 0 Å². The predicted octanol–water partition coefficient (Wildman–Crippen LogP) is 4.51. The van der Waals surface area contributed by atoms with Gasteiger partial charge in [-0.1, -0.05) is 31.4 Å². The maximum Gasteiger partial charge on any atom is 0.122 e. The Labute approximate surface area is 137 Å². The molecule has 2 rings (SSSR count). The number of hydrogen-bond acceptors (Lipinski definition) is 4. The van der Waals surface area contributed by atoms with E-state index in [2.05, 4.69) is 0 Å². The van der Waals surface area contributed by atoms with Crippen molar-refractivity contribution in [2.45, 2.75) is 32.1 Å². The minimum atomic E-state index is 0.231. The minimum Gasteiger partial charge on any atom is -0.508 e. The highest BCUT2D eigenvalue weighted by Crippen LogP contribution is 2.19. The third kappa shape index (κ3) is 6.96. The molecule has 0 atom stereocenters. The Hall–Kier alpha value is -2.36. The molecular weight excluding hydrogens is 292 g/mol. The molecule has 0 aromatic heterocycles. The third-order valence-electron chi connectivity index (χ3n) is 3.46. The number of benzene rings is 2. The van der Waals surface area contributed by atoms with E-state index < -0.39 is 0 Å². The standard InChI is InChI=1S/C19H24O4/c20-16-8-6-10-18(14-16)22-12-4-2-1-3-5-13-23-19-11-7-9-17(21)15-19/h6-11,14-15,20-21H,1-5,12-13H2. The van der Waals surface area contributed by atoms with E-state index in [1.54, 1.807) is 36.4 Å². The van der Waals surface area contributed by atoms with Crippen molar-refractivity contribution in [3.63, 3.8) is 0 Å². The van der Waals surface area contributed by atoms with Crippen molar-refractivity contribution < 1.29 is 19.7 Å². The van der Waals surface area contributed by atoms with E-state index in [9.17, 15) is 10.2 Å². The van der Waals surface area contributed by atoms with Gasteiger partial charge >= 0.3 is 0 Å². The Balaban J connectivity index is 1.45. The Morgan fingerprint density at radius 2 is 1.04 bits per heavy atom. The van der Waals surface area contributed by atoms with Crippen molar-refractivity contribution in [3.05, 3.63) is 48.5 Å².